The quantitative estimate of drug-likeness (QED) is 0.269. The number of carbonyl (C=O) groups is 2. The fourth-order valence-corrected chi connectivity index (χ4v) is 5.25. The Kier molecular flexibility index (Phi) is 9.61. The Bertz CT molecular complexity index is 1310. The van der Waals surface area contributed by atoms with Crippen molar-refractivity contribution in [3.63, 3.8) is 0 Å². The van der Waals surface area contributed by atoms with Crippen molar-refractivity contribution in [1.29, 1.82) is 0 Å². The van der Waals surface area contributed by atoms with Gasteiger partial charge in [-0.3, -0.25) is 14.1 Å². The molecule has 10 nitrogen and oxygen atoms in total. The molecule has 37 heavy (non-hydrogen) atoms. The van der Waals surface area contributed by atoms with Gasteiger partial charge in [0.25, 0.3) is 0 Å². The van der Waals surface area contributed by atoms with Crippen molar-refractivity contribution in [3.05, 3.63) is 81.3 Å². The molecule has 0 aliphatic rings. The number of nitrogens with one attached hydrogen (secondary N) is 3. The number of hydrogen-bond donors (Lipinski definition) is 4. The molecule has 0 saturated heterocycles. The minimum atomic E-state index is -4.38. The van der Waals surface area contributed by atoms with Gasteiger partial charge in [-0.15, -0.1) is 11.3 Å². The fraction of sp³-hybridized carbons (Fsp3) is 0.320. The zero-order valence-electron chi connectivity index (χ0n) is 20.7. The van der Waals surface area contributed by atoms with Crippen LogP contribution >= 0.6 is 11.3 Å². The van der Waals surface area contributed by atoms with Crippen LogP contribution in [0.2, 0.25) is 0 Å². The molecule has 0 fully saturated rings. The van der Waals surface area contributed by atoms with Crippen molar-refractivity contribution in [1.82, 2.24) is 15.6 Å². The second-order valence-corrected chi connectivity index (χ2v) is 10.7. The summed E-state index contributed by atoms with van der Waals surface area (Å²) in [5.74, 6) is -0.394. The SMILES string of the molecule is CCc1nc([C@H](Cc2ccc(NS(=O)(=O)O)cc2)NC(=O)[C@H](Cc2ccccc2)NC(=O)OC)sc1C. The third-order valence-electron chi connectivity index (χ3n) is 5.58. The summed E-state index contributed by atoms with van der Waals surface area (Å²) in [7, 11) is -3.15. The Morgan fingerprint density at radius 3 is 2.24 bits per heavy atom. The summed E-state index contributed by atoms with van der Waals surface area (Å²) in [6.07, 6.45) is 0.665. The van der Waals surface area contributed by atoms with Gasteiger partial charge in [0.1, 0.15) is 11.0 Å². The van der Waals surface area contributed by atoms with Gasteiger partial charge in [-0.2, -0.15) is 8.42 Å². The predicted molar refractivity (Wildman–Crippen MR) is 142 cm³/mol. The standard InChI is InChI=1S/C25H30N4O6S2/c1-4-20-16(2)36-24(27-20)22(15-18-10-12-19(13-11-18)29-37(32,33)34)26-23(30)21(28-25(31)35-3)14-17-8-6-5-7-9-17/h5-13,21-22,29H,4,14-15H2,1-3H3,(H,26,30)(H,28,31)(H,32,33,34)/t21-,22-/m0/s1. The van der Waals surface area contributed by atoms with Crippen LogP contribution < -0.4 is 15.4 Å². The molecule has 1 aromatic heterocycles. The molecule has 3 rings (SSSR count). The van der Waals surface area contributed by atoms with E-state index in [9.17, 15) is 18.0 Å². The Balaban J connectivity index is 1.86. The Labute approximate surface area is 220 Å². The van der Waals surface area contributed by atoms with E-state index in [0.29, 0.717) is 6.42 Å². The van der Waals surface area contributed by atoms with Gasteiger partial charge in [0.15, 0.2) is 0 Å². The van der Waals surface area contributed by atoms with E-state index >= 15 is 0 Å². The third kappa shape index (κ3) is 8.55. The van der Waals surface area contributed by atoms with Crippen LogP contribution in [0.3, 0.4) is 0 Å². The Morgan fingerprint density at radius 2 is 1.68 bits per heavy atom. The number of thiazole rings is 1. The number of aryl methyl sites for hydroxylation is 2. The first-order valence-corrected chi connectivity index (χ1v) is 13.8. The van der Waals surface area contributed by atoms with Crippen molar-refractivity contribution in [2.75, 3.05) is 11.8 Å². The van der Waals surface area contributed by atoms with Crippen LogP contribution in [0.15, 0.2) is 54.6 Å². The molecule has 0 aliphatic carbocycles. The lowest BCUT2D eigenvalue weighted by Crippen LogP contribution is -2.49. The van der Waals surface area contributed by atoms with Gasteiger partial charge in [-0.05, 0) is 43.0 Å². The molecule has 3 aromatic rings. The van der Waals surface area contributed by atoms with E-state index in [2.05, 4.69) is 10.6 Å². The molecule has 198 valence electrons. The molecular formula is C25H30N4O6S2. The number of rotatable bonds is 11. The monoisotopic (exact) mass is 546 g/mol. The van der Waals surface area contributed by atoms with Gasteiger partial charge in [-0.1, -0.05) is 49.4 Å². The number of anilines is 1. The molecule has 1 heterocycles. The predicted octanol–water partition coefficient (Wildman–Crippen LogP) is 3.60. The summed E-state index contributed by atoms with van der Waals surface area (Å²) in [6, 6.07) is 14.4. The summed E-state index contributed by atoms with van der Waals surface area (Å²) in [5.41, 5.74) is 2.82. The number of methoxy groups -OCH3 is 1. The highest BCUT2D eigenvalue weighted by atomic mass is 32.2. The average molecular weight is 547 g/mol. The maximum atomic E-state index is 13.4. The topological polar surface area (TPSA) is 147 Å². The van der Waals surface area contributed by atoms with Crippen LogP contribution in [0.25, 0.3) is 0 Å². The van der Waals surface area contributed by atoms with Crippen molar-refractivity contribution < 1.29 is 27.3 Å². The van der Waals surface area contributed by atoms with Crippen molar-refractivity contribution in [3.8, 4) is 0 Å². The largest absolute Gasteiger partial charge is 0.453 e. The van der Waals surface area contributed by atoms with E-state index in [0.717, 1.165) is 33.1 Å². The van der Waals surface area contributed by atoms with Gasteiger partial charge in [-0.25, -0.2) is 9.78 Å². The van der Waals surface area contributed by atoms with E-state index < -0.39 is 34.4 Å². The molecule has 0 radical (unpaired) electrons. The van der Waals surface area contributed by atoms with Crippen LogP contribution in [0.4, 0.5) is 10.5 Å². The number of carbonyl (C=O) groups excluding carboxylic acids is 2. The lowest BCUT2D eigenvalue weighted by atomic mass is 10.0. The second-order valence-electron chi connectivity index (χ2n) is 8.33. The van der Waals surface area contributed by atoms with Crippen molar-refractivity contribution >= 4 is 39.3 Å². The highest BCUT2D eigenvalue weighted by Gasteiger charge is 2.27. The number of ether oxygens (including phenoxy) is 1. The smallest absolute Gasteiger partial charge is 0.407 e. The summed E-state index contributed by atoms with van der Waals surface area (Å²) < 4.78 is 37.9. The third-order valence-corrected chi connectivity index (χ3v) is 7.20. The summed E-state index contributed by atoms with van der Waals surface area (Å²) in [4.78, 5) is 31.2. The van der Waals surface area contributed by atoms with Crippen LogP contribution in [0.1, 0.15) is 39.7 Å². The summed E-state index contributed by atoms with van der Waals surface area (Å²) in [5, 5.41) is 6.37. The molecule has 12 heteroatoms. The van der Waals surface area contributed by atoms with Crippen molar-refractivity contribution in [2.45, 2.75) is 45.2 Å². The Morgan fingerprint density at radius 1 is 1.03 bits per heavy atom. The van der Waals surface area contributed by atoms with Gasteiger partial charge in [0.05, 0.1) is 24.5 Å². The zero-order chi connectivity index (χ0) is 27.0. The van der Waals surface area contributed by atoms with E-state index in [1.54, 1.807) is 12.1 Å². The molecule has 2 aromatic carbocycles. The van der Waals surface area contributed by atoms with Crippen LogP contribution in [0.5, 0.6) is 0 Å². The van der Waals surface area contributed by atoms with Crippen LogP contribution in [0, 0.1) is 6.92 Å². The Hall–Kier alpha value is -3.48. The first-order chi connectivity index (χ1) is 17.6. The first kappa shape index (κ1) is 28.1. The fourth-order valence-electron chi connectivity index (χ4n) is 3.75. The lowest BCUT2D eigenvalue weighted by molar-refractivity contribution is -0.123. The molecular weight excluding hydrogens is 516 g/mol. The number of benzene rings is 2. The minimum absolute atomic E-state index is 0.204. The number of aromatic nitrogens is 1. The van der Waals surface area contributed by atoms with Crippen LogP contribution in [-0.2, 0) is 39.1 Å². The van der Waals surface area contributed by atoms with Gasteiger partial charge < -0.3 is 15.4 Å². The average Bonchev–Trinajstić information content (AvgIpc) is 3.24. The summed E-state index contributed by atoms with van der Waals surface area (Å²) in [6.45, 7) is 3.99. The minimum Gasteiger partial charge on any atom is -0.453 e. The molecule has 2 atom stereocenters. The molecule has 4 N–H and O–H groups in total. The second kappa shape index (κ2) is 12.7. The number of alkyl carbamates (subject to hydrolysis) is 1. The molecule has 0 spiro atoms. The highest BCUT2D eigenvalue weighted by Crippen LogP contribution is 2.27. The number of nitrogens with zero attached hydrogens (tertiary/aromatic N) is 1. The first-order valence-electron chi connectivity index (χ1n) is 11.6. The highest BCUT2D eigenvalue weighted by molar-refractivity contribution is 7.87. The molecule has 0 unspecified atom stereocenters. The van der Waals surface area contributed by atoms with Gasteiger partial charge in [0.2, 0.25) is 5.91 Å². The lowest BCUT2D eigenvalue weighted by Gasteiger charge is -2.22. The van der Waals surface area contributed by atoms with Crippen molar-refractivity contribution in [2.24, 2.45) is 0 Å². The number of amides is 2. The zero-order valence-corrected chi connectivity index (χ0v) is 22.4. The molecule has 2 amide bonds. The molecule has 0 aliphatic heterocycles. The van der Waals surface area contributed by atoms with Gasteiger partial charge >= 0.3 is 16.4 Å². The van der Waals surface area contributed by atoms with E-state index in [1.807, 2.05) is 48.9 Å². The number of hydrogen-bond acceptors (Lipinski definition) is 7. The van der Waals surface area contributed by atoms with Crippen LogP contribution in [-0.4, -0.2) is 43.1 Å². The van der Waals surface area contributed by atoms with E-state index in [-0.39, 0.29) is 12.1 Å². The molecule has 0 saturated carbocycles. The van der Waals surface area contributed by atoms with E-state index in [4.69, 9.17) is 14.3 Å². The summed E-state index contributed by atoms with van der Waals surface area (Å²) >= 11 is 1.49. The molecule has 0 bridgehead atoms. The normalized spacial score (nSPS) is 12.9. The van der Waals surface area contributed by atoms with Gasteiger partial charge in [0, 0.05) is 11.3 Å². The van der Waals surface area contributed by atoms with E-state index in [1.165, 1.54) is 30.6 Å². The maximum Gasteiger partial charge on any atom is 0.407 e. The maximum absolute atomic E-state index is 13.4.